The van der Waals surface area contributed by atoms with Gasteiger partial charge in [0, 0.05) is 19.6 Å². The maximum absolute atomic E-state index is 12.7. The summed E-state index contributed by atoms with van der Waals surface area (Å²) in [4.78, 5) is 28.7. The van der Waals surface area contributed by atoms with Crippen molar-refractivity contribution in [3.05, 3.63) is 35.9 Å². The van der Waals surface area contributed by atoms with Gasteiger partial charge in [-0.1, -0.05) is 30.3 Å². The maximum Gasteiger partial charge on any atom is 0.245 e. The highest BCUT2D eigenvalue weighted by Crippen LogP contribution is 2.23. The van der Waals surface area contributed by atoms with E-state index in [2.05, 4.69) is 0 Å². The lowest BCUT2D eigenvalue weighted by Gasteiger charge is -2.30. The Hall–Kier alpha value is -1.88. The summed E-state index contributed by atoms with van der Waals surface area (Å²) in [6, 6.07) is 8.26. The first-order valence-corrected chi connectivity index (χ1v) is 7.99. The number of carbonyl (C=O) groups is 2. The van der Waals surface area contributed by atoms with Gasteiger partial charge >= 0.3 is 0 Å². The van der Waals surface area contributed by atoms with Crippen LogP contribution in [-0.2, 0) is 9.59 Å². The first-order valence-electron chi connectivity index (χ1n) is 7.99. The zero-order valence-corrected chi connectivity index (χ0v) is 13.4. The Morgan fingerprint density at radius 2 is 1.91 bits per heavy atom. The summed E-state index contributed by atoms with van der Waals surface area (Å²) in [5, 5.41) is 0. The molecule has 2 atom stereocenters. The van der Waals surface area contributed by atoms with Crippen LogP contribution in [0.1, 0.15) is 38.3 Å². The van der Waals surface area contributed by atoms with Crippen LogP contribution in [0.15, 0.2) is 30.3 Å². The molecule has 2 rings (SSSR count). The van der Waals surface area contributed by atoms with Crippen LogP contribution >= 0.6 is 0 Å². The average molecular weight is 303 g/mol. The zero-order valence-electron chi connectivity index (χ0n) is 13.4. The second kappa shape index (κ2) is 7.40. The average Bonchev–Trinajstić information content (AvgIpc) is 3.04. The first kappa shape index (κ1) is 16.5. The van der Waals surface area contributed by atoms with Crippen molar-refractivity contribution in [3.63, 3.8) is 0 Å². The molecule has 0 saturated carbocycles. The highest BCUT2D eigenvalue weighted by molar-refractivity contribution is 5.90. The molecule has 1 aromatic carbocycles. The van der Waals surface area contributed by atoms with Crippen LogP contribution in [0.4, 0.5) is 0 Å². The molecule has 1 saturated heterocycles. The molecular weight excluding hydrogens is 278 g/mol. The Bertz CT molecular complexity index is 514. The van der Waals surface area contributed by atoms with Gasteiger partial charge in [-0.25, -0.2) is 0 Å². The molecule has 1 aliphatic rings. The molecule has 0 spiro atoms. The van der Waals surface area contributed by atoms with Crippen molar-refractivity contribution in [1.82, 2.24) is 9.80 Å². The number of carbonyl (C=O) groups excluding carboxylic acids is 2. The number of nitrogens with two attached hydrogens (primary N) is 1. The fourth-order valence-electron chi connectivity index (χ4n) is 3.01. The Morgan fingerprint density at radius 3 is 2.50 bits per heavy atom. The molecule has 1 heterocycles. The molecule has 1 aromatic rings. The molecule has 0 aliphatic carbocycles. The Balaban J connectivity index is 2.13. The highest BCUT2D eigenvalue weighted by Gasteiger charge is 2.37. The maximum atomic E-state index is 12.7. The minimum atomic E-state index is -0.702. The topological polar surface area (TPSA) is 66.6 Å². The minimum absolute atomic E-state index is 0.0381. The van der Waals surface area contributed by atoms with Crippen LogP contribution in [0.3, 0.4) is 0 Å². The van der Waals surface area contributed by atoms with Gasteiger partial charge in [-0.3, -0.25) is 9.59 Å². The van der Waals surface area contributed by atoms with Crippen molar-refractivity contribution in [1.29, 1.82) is 0 Å². The standard InChI is InChI=1S/C17H25N3O2/c1-3-19(4-2)16(21)14-11-8-12-20(14)17(22)15(18)13-9-6-5-7-10-13/h5-7,9-10,14-15H,3-4,8,11-12,18H2,1-2H3/t14-,15+/m0/s1. The molecule has 5 nitrogen and oxygen atoms in total. The Labute approximate surface area is 132 Å². The minimum Gasteiger partial charge on any atom is -0.341 e. The Kier molecular flexibility index (Phi) is 5.55. The van der Waals surface area contributed by atoms with Crippen LogP contribution in [-0.4, -0.2) is 47.3 Å². The highest BCUT2D eigenvalue weighted by atomic mass is 16.2. The van der Waals surface area contributed by atoms with Crippen molar-refractivity contribution >= 4 is 11.8 Å². The molecule has 0 radical (unpaired) electrons. The van der Waals surface area contributed by atoms with Crippen molar-refractivity contribution in [2.45, 2.75) is 38.8 Å². The van der Waals surface area contributed by atoms with Crippen LogP contribution in [0.2, 0.25) is 0 Å². The predicted molar refractivity (Wildman–Crippen MR) is 86.0 cm³/mol. The van der Waals surface area contributed by atoms with E-state index in [0.717, 1.165) is 18.4 Å². The molecule has 0 aromatic heterocycles. The molecule has 1 aliphatic heterocycles. The molecular formula is C17H25N3O2. The monoisotopic (exact) mass is 303 g/mol. The summed E-state index contributed by atoms with van der Waals surface area (Å²) in [6.45, 7) is 5.85. The summed E-state index contributed by atoms with van der Waals surface area (Å²) in [5.41, 5.74) is 6.89. The number of nitrogens with zero attached hydrogens (tertiary/aromatic N) is 2. The van der Waals surface area contributed by atoms with Gasteiger partial charge in [0.05, 0.1) is 0 Å². The number of likely N-dealkylation sites (tertiary alicyclic amines) is 1. The molecule has 0 unspecified atom stereocenters. The Morgan fingerprint density at radius 1 is 1.27 bits per heavy atom. The van der Waals surface area contributed by atoms with E-state index in [-0.39, 0.29) is 17.9 Å². The van der Waals surface area contributed by atoms with E-state index in [1.807, 2.05) is 44.2 Å². The van der Waals surface area contributed by atoms with Gasteiger partial charge < -0.3 is 15.5 Å². The van der Waals surface area contributed by atoms with Gasteiger partial charge in [-0.15, -0.1) is 0 Å². The lowest BCUT2D eigenvalue weighted by molar-refractivity contribution is -0.144. The molecule has 22 heavy (non-hydrogen) atoms. The van der Waals surface area contributed by atoms with Gasteiger partial charge in [0.2, 0.25) is 11.8 Å². The van der Waals surface area contributed by atoms with Crippen molar-refractivity contribution in [3.8, 4) is 0 Å². The number of amides is 2. The van der Waals surface area contributed by atoms with Crippen molar-refractivity contribution in [2.24, 2.45) is 5.73 Å². The predicted octanol–water partition coefficient (Wildman–Crippen LogP) is 1.55. The molecule has 5 heteroatoms. The summed E-state index contributed by atoms with van der Waals surface area (Å²) in [5.74, 6) is -0.120. The van der Waals surface area contributed by atoms with Gasteiger partial charge in [0.15, 0.2) is 0 Å². The number of hydrogen-bond acceptors (Lipinski definition) is 3. The largest absolute Gasteiger partial charge is 0.341 e. The van der Waals surface area contributed by atoms with Gasteiger partial charge in [0.1, 0.15) is 12.1 Å². The number of hydrogen-bond donors (Lipinski definition) is 1. The molecule has 0 bridgehead atoms. The van der Waals surface area contributed by atoms with E-state index in [1.165, 1.54) is 0 Å². The van der Waals surface area contributed by atoms with Crippen LogP contribution in [0.25, 0.3) is 0 Å². The number of likely N-dealkylation sites (N-methyl/N-ethyl adjacent to an activating group) is 1. The van der Waals surface area contributed by atoms with E-state index in [4.69, 9.17) is 5.73 Å². The van der Waals surface area contributed by atoms with Crippen LogP contribution in [0, 0.1) is 0 Å². The molecule has 120 valence electrons. The quantitative estimate of drug-likeness (QED) is 0.897. The summed E-state index contributed by atoms with van der Waals surface area (Å²) < 4.78 is 0. The fourth-order valence-corrected chi connectivity index (χ4v) is 3.01. The van der Waals surface area contributed by atoms with E-state index < -0.39 is 6.04 Å². The van der Waals surface area contributed by atoms with Gasteiger partial charge in [-0.05, 0) is 32.3 Å². The van der Waals surface area contributed by atoms with Gasteiger partial charge in [-0.2, -0.15) is 0 Å². The number of benzene rings is 1. The van der Waals surface area contributed by atoms with E-state index >= 15 is 0 Å². The third-order valence-corrected chi connectivity index (χ3v) is 4.32. The lowest BCUT2D eigenvalue weighted by Crippen LogP contribution is -2.49. The van der Waals surface area contributed by atoms with E-state index in [9.17, 15) is 9.59 Å². The van der Waals surface area contributed by atoms with Gasteiger partial charge in [0.25, 0.3) is 0 Å². The summed E-state index contributed by atoms with van der Waals surface area (Å²) >= 11 is 0. The normalized spacial score (nSPS) is 19.0. The van der Waals surface area contributed by atoms with Crippen LogP contribution < -0.4 is 5.73 Å². The van der Waals surface area contributed by atoms with Crippen molar-refractivity contribution < 1.29 is 9.59 Å². The summed E-state index contributed by atoms with van der Waals surface area (Å²) in [6.07, 6.45) is 1.58. The SMILES string of the molecule is CCN(CC)C(=O)[C@@H]1CCCN1C(=O)[C@H](N)c1ccccc1. The van der Waals surface area contributed by atoms with E-state index in [0.29, 0.717) is 19.6 Å². The smallest absolute Gasteiger partial charge is 0.245 e. The zero-order chi connectivity index (χ0) is 16.1. The second-order valence-electron chi connectivity index (χ2n) is 5.59. The van der Waals surface area contributed by atoms with E-state index in [1.54, 1.807) is 9.80 Å². The molecule has 2 amide bonds. The molecule has 1 fully saturated rings. The fraction of sp³-hybridized carbons (Fsp3) is 0.529. The van der Waals surface area contributed by atoms with Crippen LogP contribution in [0.5, 0.6) is 0 Å². The number of rotatable bonds is 5. The third kappa shape index (κ3) is 3.30. The first-order chi connectivity index (χ1) is 10.6. The molecule has 2 N–H and O–H groups in total. The lowest BCUT2D eigenvalue weighted by atomic mass is 10.1. The third-order valence-electron chi connectivity index (χ3n) is 4.32. The summed E-state index contributed by atoms with van der Waals surface area (Å²) in [7, 11) is 0. The van der Waals surface area contributed by atoms with Crippen molar-refractivity contribution in [2.75, 3.05) is 19.6 Å². The second-order valence-corrected chi connectivity index (χ2v) is 5.59.